The van der Waals surface area contributed by atoms with Gasteiger partial charge in [-0.1, -0.05) is 0 Å². The van der Waals surface area contributed by atoms with E-state index >= 15 is 0 Å². The van der Waals surface area contributed by atoms with Crippen LogP contribution < -0.4 is 4.72 Å². The van der Waals surface area contributed by atoms with Crippen molar-refractivity contribution in [3.8, 4) is 0 Å². The Bertz CT molecular complexity index is 532. The number of carbonyl (C=O) groups is 1. The molecular formula is C10H15NO5S2. The van der Waals surface area contributed by atoms with Crippen LogP contribution in [0.3, 0.4) is 0 Å². The Morgan fingerprint density at radius 3 is 2.67 bits per heavy atom. The van der Waals surface area contributed by atoms with Crippen LogP contribution in [-0.4, -0.2) is 38.7 Å². The number of nitrogens with one attached hydrogen (secondary N) is 1. The summed E-state index contributed by atoms with van der Waals surface area (Å²) >= 11 is 0.874. The number of hydrogen-bond donors (Lipinski definition) is 2. The van der Waals surface area contributed by atoms with E-state index in [9.17, 15) is 13.2 Å². The minimum Gasteiger partial charge on any atom is -0.477 e. The SMILES string of the molecule is COC(C)(C)CNS(=O)(=O)c1ccsc1C(=O)O. The highest BCUT2D eigenvalue weighted by atomic mass is 32.2. The zero-order valence-electron chi connectivity index (χ0n) is 10.3. The lowest BCUT2D eigenvalue weighted by Gasteiger charge is -2.22. The van der Waals surface area contributed by atoms with Crippen molar-refractivity contribution < 1.29 is 23.1 Å². The number of rotatable bonds is 6. The third-order valence-corrected chi connectivity index (χ3v) is 4.83. The quantitative estimate of drug-likeness (QED) is 0.820. The molecule has 8 heteroatoms. The zero-order valence-corrected chi connectivity index (χ0v) is 11.9. The van der Waals surface area contributed by atoms with Crippen LogP contribution in [0, 0.1) is 0 Å². The Morgan fingerprint density at radius 2 is 2.17 bits per heavy atom. The molecule has 0 bridgehead atoms. The molecule has 0 fully saturated rings. The highest BCUT2D eigenvalue weighted by Crippen LogP contribution is 2.22. The second-order valence-electron chi connectivity index (χ2n) is 4.21. The van der Waals surface area contributed by atoms with E-state index in [-0.39, 0.29) is 16.3 Å². The fourth-order valence-corrected chi connectivity index (χ4v) is 3.54. The smallest absolute Gasteiger partial charge is 0.347 e. The third kappa shape index (κ3) is 3.52. The molecule has 0 spiro atoms. The topological polar surface area (TPSA) is 92.7 Å². The van der Waals surface area contributed by atoms with Crippen molar-refractivity contribution in [3.63, 3.8) is 0 Å². The number of aromatic carboxylic acids is 1. The second-order valence-corrected chi connectivity index (χ2v) is 6.86. The van der Waals surface area contributed by atoms with Gasteiger partial charge in [0.25, 0.3) is 0 Å². The number of sulfonamides is 1. The molecule has 1 aromatic rings. The van der Waals surface area contributed by atoms with Crippen LogP contribution in [0.15, 0.2) is 16.3 Å². The molecule has 2 N–H and O–H groups in total. The van der Waals surface area contributed by atoms with Gasteiger partial charge >= 0.3 is 5.97 Å². The van der Waals surface area contributed by atoms with Crippen molar-refractivity contribution in [1.29, 1.82) is 0 Å². The number of thiophene rings is 1. The molecule has 0 atom stereocenters. The van der Waals surface area contributed by atoms with Gasteiger partial charge < -0.3 is 9.84 Å². The molecule has 0 aliphatic carbocycles. The van der Waals surface area contributed by atoms with Crippen LogP contribution in [0.4, 0.5) is 0 Å². The summed E-state index contributed by atoms with van der Waals surface area (Å²) in [5, 5.41) is 10.3. The fraction of sp³-hybridized carbons (Fsp3) is 0.500. The molecule has 0 aliphatic rings. The molecule has 0 aliphatic heterocycles. The first-order valence-electron chi connectivity index (χ1n) is 5.05. The van der Waals surface area contributed by atoms with Crippen molar-refractivity contribution in [2.45, 2.75) is 24.3 Å². The Balaban J connectivity index is 2.94. The lowest BCUT2D eigenvalue weighted by Crippen LogP contribution is -2.39. The van der Waals surface area contributed by atoms with Gasteiger partial charge in [0.05, 0.1) is 5.60 Å². The summed E-state index contributed by atoms with van der Waals surface area (Å²) < 4.78 is 31.3. The zero-order chi connectivity index (χ0) is 14.0. The fourth-order valence-electron chi connectivity index (χ4n) is 1.08. The van der Waals surface area contributed by atoms with Gasteiger partial charge in [-0.05, 0) is 25.3 Å². The number of carboxylic acids is 1. The van der Waals surface area contributed by atoms with Crippen LogP contribution in [0.5, 0.6) is 0 Å². The van der Waals surface area contributed by atoms with Crippen molar-refractivity contribution >= 4 is 27.3 Å². The standard InChI is InChI=1S/C10H15NO5S2/c1-10(2,16-3)6-11-18(14,15)7-4-5-17-8(7)9(12)13/h4-5,11H,6H2,1-3H3,(H,12,13). The van der Waals surface area contributed by atoms with Crippen LogP contribution in [0.25, 0.3) is 0 Å². The molecule has 0 aromatic carbocycles. The van der Waals surface area contributed by atoms with E-state index in [4.69, 9.17) is 9.84 Å². The summed E-state index contributed by atoms with van der Waals surface area (Å²) in [7, 11) is -2.36. The molecule has 6 nitrogen and oxygen atoms in total. The predicted molar refractivity (Wildman–Crippen MR) is 67.6 cm³/mol. The molecule has 1 heterocycles. The van der Waals surface area contributed by atoms with E-state index in [0.29, 0.717) is 0 Å². The molecule has 0 amide bonds. The summed E-state index contributed by atoms with van der Waals surface area (Å²) in [6.07, 6.45) is 0. The summed E-state index contributed by atoms with van der Waals surface area (Å²) in [5.74, 6) is -1.25. The third-order valence-electron chi connectivity index (χ3n) is 2.35. The molecular weight excluding hydrogens is 278 g/mol. The predicted octanol–water partition coefficient (Wildman–Crippen LogP) is 1.15. The van der Waals surface area contributed by atoms with Crippen LogP contribution in [0.2, 0.25) is 0 Å². The summed E-state index contributed by atoms with van der Waals surface area (Å²) in [4.78, 5) is 10.5. The minimum absolute atomic E-state index is 0.0563. The van der Waals surface area contributed by atoms with E-state index in [1.807, 2.05) is 0 Å². The van der Waals surface area contributed by atoms with E-state index in [2.05, 4.69) is 4.72 Å². The van der Waals surface area contributed by atoms with Gasteiger partial charge in [-0.2, -0.15) is 0 Å². The van der Waals surface area contributed by atoms with Crippen LogP contribution in [-0.2, 0) is 14.8 Å². The van der Waals surface area contributed by atoms with Crippen molar-refractivity contribution in [2.75, 3.05) is 13.7 Å². The molecule has 1 rings (SSSR count). The van der Waals surface area contributed by atoms with Gasteiger partial charge in [0.1, 0.15) is 9.77 Å². The first-order chi connectivity index (χ1) is 8.19. The Labute approximate surface area is 110 Å². The molecule has 18 heavy (non-hydrogen) atoms. The Morgan fingerprint density at radius 1 is 1.56 bits per heavy atom. The number of carboxylic acid groups (broad SMARTS) is 1. The van der Waals surface area contributed by atoms with Gasteiger partial charge in [0.2, 0.25) is 10.0 Å². The molecule has 102 valence electrons. The van der Waals surface area contributed by atoms with E-state index < -0.39 is 21.6 Å². The van der Waals surface area contributed by atoms with Gasteiger partial charge in [0, 0.05) is 13.7 Å². The maximum Gasteiger partial charge on any atom is 0.347 e. The lowest BCUT2D eigenvalue weighted by atomic mass is 10.1. The Hall–Kier alpha value is -0.960. The van der Waals surface area contributed by atoms with Crippen molar-refractivity contribution in [3.05, 3.63) is 16.3 Å². The number of ether oxygens (including phenoxy) is 1. The maximum absolute atomic E-state index is 12.0. The summed E-state index contributed by atoms with van der Waals surface area (Å²) in [6.45, 7) is 3.50. The van der Waals surface area contributed by atoms with E-state index in [1.165, 1.54) is 18.6 Å². The number of methoxy groups -OCH3 is 1. The van der Waals surface area contributed by atoms with Gasteiger partial charge in [0.15, 0.2) is 0 Å². The monoisotopic (exact) mass is 293 g/mol. The molecule has 0 saturated heterocycles. The second kappa shape index (κ2) is 5.35. The van der Waals surface area contributed by atoms with Crippen molar-refractivity contribution in [1.82, 2.24) is 4.72 Å². The van der Waals surface area contributed by atoms with Gasteiger partial charge in [-0.3, -0.25) is 0 Å². The van der Waals surface area contributed by atoms with Gasteiger partial charge in [-0.15, -0.1) is 11.3 Å². The highest BCUT2D eigenvalue weighted by Gasteiger charge is 2.26. The van der Waals surface area contributed by atoms with E-state index in [1.54, 1.807) is 13.8 Å². The molecule has 0 radical (unpaired) electrons. The van der Waals surface area contributed by atoms with Crippen LogP contribution in [0.1, 0.15) is 23.5 Å². The first kappa shape index (κ1) is 15.1. The normalized spacial score (nSPS) is 12.6. The van der Waals surface area contributed by atoms with E-state index in [0.717, 1.165) is 11.3 Å². The van der Waals surface area contributed by atoms with Gasteiger partial charge in [-0.25, -0.2) is 17.9 Å². The summed E-state index contributed by atoms with van der Waals surface area (Å²) in [6, 6.07) is 1.27. The molecule has 0 unspecified atom stereocenters. The first-order valence-corrected chi connectivity index (χ1v) is 7.41. The number of hydrogen-bond acceptors (Lipinski definition) is 5. The lowest BCUT2D eigenvalue weighted by molar-refractivity contribution is 0.0276. The minimum atomic E-state index is -3.84. The molecule has 0 saturated carbocycles. The van der Waals surface area contributed by atoms with Crippen molar-refractivity contribution in [2.24, 2.45) is 0 Å². The average molecular weight is 293 g/mol. The largest absolute Gasteiger partial charge is 0.477 e. The van der Waals surface area contributed by atoms with Crippen LogP contribution >= 0.6 is 11.3 Å². The summed E-state index contributed by atoms with van der Waals surface area (Å²) in [5.41, 5.74) is -0.660. The maximum atomic E-state index is 12.0. The Kier molecular flexibility index (Phi) is 4.49. The highest BCUT2D eigenvalue weighted by molar-refractivity contribution is 7.89. The average Bonchev–Trinajstić information content (AvgIpc) is 2.76. The molecule has 1 aromatic heterocycles.